The summed E-state index contributed by atoms with van der Waals surface area (Å²) in [6.07, 6.45) is 0. The molecule has 0 saturated heterocycles. The number of nitrogens with one attached hydrogen (secondary N) is 1. The van der Waals surface area contributed by atoms with Crippen LogP contribution in [0.2, 0.25) is 0 Å². The Hall–Kier alpha value is -1.66. The quantitative estimate of drug-likeness (QED) is 0.840. The third-order valence-electron chi connectivity index (χ3n) is 3.42. The van der Waals surface area contributed by atoms with Crippen molar-refractivity contribution >= 4 is 37.4 Å². The van der Waals surface area contributed by atoms with Gasteiger partial charge in [-0.2, -0.15) is 0 Å². The summed E-state index contributed by atoms with van der Waals surface area (Å²) in [5.74, 6) is -1.22. The highest BCUT2D eigenvalue weighted by Crippen LogP contribution is 2.16. The summed E-state index contributed by atoms with van der Waals surface area (Å²) < 4.78 is 25.1. The monoisotopic (exact) mass is 395 g/mol. The third kappa shape index (κ3) is 5.48. The van der Waals surface area contributed by atoms with Crippen molar-refractivity contribution in [3.63, 3.8) is 0 Å². The molecule has 2 rings (SSSR count). The Morgan fingerprint density at radius 1 is 1.09 bits per heavy atom. The molecule has 0 aliphatic carbocycles. The first-order valence-corrected chi connectivity index (χ1v) is 9.68. The minimum Gasteiger partial charge on any atom is -0.325 e. The Labute approximate surface area is 145 Å². The first-order valence-electron chi connectivity index (χ1n) is 7.07. The maximum absolute atomic E-state index is 12.2. The second kappa shape index (κ2) is 7.27. The van der Waals surface area contributed by atoms with Crippen LogP contribution in [0.25, 0.3) is 0 Å². The molecule has 23 heavy (non-hydrogen) atoms. The van der Waals surface area contributed by atoms with Crippen molar-refractivity contribution in [2.24, 2.45) is 0 Å². The van der Waals surface area contributed by atoms with E-state index >= 15 is 0 Å². The molecule has 0 bridgehead atoms. The summed E-state index contributed by atoms with van der Waals surface area (Å²) in [5, 5.41) is 2.64. The molecule has 1 N–H and O–H groups in total. The van der Waals surface area contributed by atoms with Gasteiger partial charge < -0.3 is 5.32 Å². The van der Waals surface area contributed by atoms with E-state index in [1.54, 1.807) is 24.3 Å². The lowest BCUT2D eigenvalue weighted by atomic mass is 10.1. The van der Waals surface area contributed by atoms with Gasteiger partial charge in [0.2, 0.25) is 5.91 Å². The number of sulfone groups is 1. The first-order chi connectivity index (χ1) is 10.7. The van der Waals surface area contributed by atoms with Crippen molar-refractivity contribution in [1.29, 1.82) is 0 Å². The molecule has 122 valence electrons. The molecule has 6 heteroatoms. The van der Waals surface area contributed by atoms with Crippen LogP contribution in [-0.2, 0) is 20.4 Å². The lowest BCUT2D eigenvalue weighted by Gasteiger charge is -2.08. The van der Waals surface area contributed by atoms with Crippen molar-refractivity contribution in [3.05, 3.63) is 63.6 Å². The van der Waals surface area contributed by atoms with Gasteiger partial charge in [0.1, 0.15) is 5.75 Å². The van der Waals surface area contributed by atoms with Crippen LogP contribution in [-0.4, -0.2) is 20.1 Å². The van der Waals surface area contributed by atoms with Crippen molar-refractivity contribution in [3.8, 4) is 0 Å². The summed E-state index contributed by atoms with van der Waals surface area (Å²) in [4.78, 5) is 12.0. The number of rotatable bonds is 5. The van der Waals surface area contributed by atoms with Crippen molar-refractivity contribution in [2.45, 2.75) is 19.6 Å². The molecular weight excluding hydrogens is 378 g/mol. The van der Waals surface area contributed by atoms with Crippen LogP contribution in [0.1, 0.15) is 16.7 Å². The van der Waals surface area contributed by atoms with Gasteiger partial charge in [-0.05, 0) is 54.8 Å². The summed E-state index contributed by atoms with van der Waals surface area (Å²) in [5.41, 5.74) is 3.42. The van der Waals surface area contributed by atoms with Gasteiger partial charge >= 0.3 is 0 Å². The van der Waals surface area contributed by atoms with Crippen LogP contribution < -0.4 is 5.32 Å². The van der Waals surface area contributed by atoms with Crippen molar-refractivity contribution in [2.75, 3.05) is 11.1 Å². The Morgan fingerprint density at radius 3 is 2.48 bits per heavy atom. The number of halogens is 1. The predicted octanol–water partition coefficient (Wildman–Crippen LogP) is 3.62. The van der Waals surface area contributed by atoms with E-state index in [1.165, 1.54) is 0 Å². The summed E-state index contributed by atoms with van der Waals surface area (Å²) >= 11 is 3.30. The highest BCUT2D eigenvalue weighted by atomic mass is 79.9. The topological polar surface area (TPSA) is 63.2 Å². The van der Waals surface area contributed by atoms with Crippen LogP contribution in [0.4, 0.5) is 5.69 Å². The van der Waals surface area contributed by atoms with Gasteiger partial charge in [-0.15, -0.1) is 0 Å². The van der Waals surface area contributed by atoms with E-state index in [4.69, 9.17) is 0 Å². The number of aryl methyl sites for hydroxylation is 2. The minimum absolute atomic E-state index is 0.160. The second-order valence-corrected chi connectivity index (χ2v) is 8.49. The molecular formula is C17H18BrNO3S. The molecule has 0 atom stereocenters. The smallest absolute Gasteiger partial charge is 0.239 e. The van der Waals surface area contributed by atoms with Gasteiger partial charge in [-0.25, -0.2) is 8.42 Å². The van der Waals surface area contributed by atoms with Gasteiger partial charge in [-0.3, -0.25) is 4.79 Å². The Balaban J connectivity index is 2.02. The van der Waals surface area contributed by atoms with Crippen LogP contribution >= 0.6 is 15.9 Å². The molecule has 0 heterocycles. The molecule has 1 amide bonds. The molecule has 2 aromatic carbocycles. The first kappa shape index (κ1) is 17.7. The zero-order chi connectivity index (χ0) is 17.0. The number of carbonyl (C=O) groups excluding carboxylic acids is 1. The van der Waals surface area contributed by atoms with Crippen LogP contribution in [0.3, 0.4) is 0 Å². The van der Waals surface area contributed by atoms with E-state index in [0.717, 1.165) is 15.6 Å². The number of anilines is 1. The summed E-state index contributed by atoms with van der Waals surface area (Å²) in [6.45, 7) is 3.92. The van der Waals surface area contributed by atoms with Crippen LogP contribution in [0, 0.1) is 13.8 Å². The molecule has 0 fully saturated rings. The maximum Gasteiger partial charge on any atom is 0.239 e. The molecule has 0 aliphatic rings. The average Bonchev–Trinajstić information content (AvgIpc) is 2.41. The van der Waals surface area contributed by atoms with E-state index < -0.39 is 21.5 Å². The van der Waals surface area contributed by atoms with Crippen molar-refractivity contribution in [1.82, 2.24) is 0 Å². The number of hydrogen-bond donors (Lipinski definition) is 1. The van der Waals surface area contributed by atoms with E-state index in [-0.39, 0.29) is 5.75 Å². The number of hydrogen-bond acceptors (Lipinski definition) is 3. The van der Waals surface area contributed by atoms with Gasteiger partial charge in [0.25, 0.3) is 0 Å². The molecule has 4 nitrogen and oxygen atoms in total. The molecule has 0 unspecified atom stereocenters. The molecule has 0 saturated carbocycles. The molecule has 0 aliphatic heterocycles. The van der Waals surface area contributed by atoms with E-state index in [9.17, 15) is 13.2 Å². The normalized spacial score (nSPS) is 11.3. The summed E-state index contributed by atoms with van der Waals surface area (Å²) in [6, 6.07) is 12.5. The van der Waals surface area contributed by atoms with Gasteiger partial charge in [0.15, 0.2) is 9.84 Å². The van der Waals surface area contributed by atoms with E-state index in [0.29, 0.717) is 11.3 Å². The SMILES string of the molecule is Cc1ccc(NC(=O)CS(=O)(=O)Cc2cccc(Br)c2)cc1C. The van der Waals surface area contributed by atoms with E-state index in [2.05, 4.69) is 21.2 Å². The van der Waals surface area contributed by atoms with Crippen LogP contribution in [0.15, 0.2) is 46.9 Å². The average molecular weight is 396 g/mol. The second-order valence-electron chi connectivity index (χ2n) is 5.51. The maximum atomic E-state index is 12.2. The number of amides is 1. The number of benzene rings is 2. The zero-order valence-electron chi connectivity index (χ0n) is 13.0. The summed E-state index contributed by atoms with van der Waals surface area (Å²) in [7, 11) is -3.52. The fourth-order valence-corrected chi connectivity index (χ4v) is 3.86. The zero-order valence-corrected chi connectivity index (χ0v) is 15.4. The number of carbonyl (C=O) groups is 1. The Kier molecular flexibility index (Phi) is 5.59. The third-order valence-corrected chi connectivity index (χ3v) is 5.39. The van der Waals surface area contributed by atoms with Crippen molar-refractivity contribution < 1.29 is 13.2 Å². The van der Waals surface area contributed by atoms with E-state index in [1.807, 2.05) is 32.0 Å². The molecule has 0 spiro atoms. The predicted molar refractivity (Wildman–Crippen MR) is 96.2 cm³/mol. The lowest BCUT2D eigenvalue weighted by Crippen LogP contribution is -2.24. The molecule has 0 aromatic heterocycles. The molecule has 2 aromatic rings. The van der Waals surface area contributed by atoms with Crippen LogP contribution in [0.5, 0.6) is 0 Å². The minimum atomic E-state index is -3.52. The fraction of sp³-hybridized carbons (Fsp3) is 0.235. The molecule has 0 radical (unpaired) electrons. The van der Waals surface area contributed by atoms with Gasteiger partial charge in [-0.1, -0.05) is 34.1 Å². The highest BCUT2D eigenvalue weighted by molar-refractivity contribution is 9.10. The standard InChI is InChI=1S/C17H18BrNO3S/c1-12-6-7-16(8-13(12)2)19-17(20)11-23(21,22)10-14-4-3-5-15(18)9-14/h3-9H,10-11H2,1-2H3,(H,19,20). The highest BCUT2D eigenvalue weighted by Gasteiger charge is 2.18. The lowest BCUT2D eigenvalue weighted by molar-refractivity contribution is -0.113. The van der Waals surface area contributed by atoms with Gasteiger partial charge in [0, 0.05) is 10.2 Å². The Morgan fingerprint density at radius 2 is 1.83 bits per heavy atom. The Bertz CT molecular complexity index is 831. The fourth-order valence-electron chi connectivity index (χ4n) is 2.15. The largest absolute Gasteiger partial charge is 0.325 e. The van der Waals surface area contributed by atoms with Gasteiger partial charge in [0.05, 0.1) is 5.75 Å².